The van der Waals surface area contributed by atoms with E-state index in [1.807, 2.05) is 24.4 Å². The fourth-order valence-corrected chi connectivity index (χ4v) is 1.57. The Hall–Kier alpha value is -1.61. The summed E-state index contributed by atoms with van der Waals surface area (Å²) in [6.45, 7) is 6.41. The van der Waals surface area contributed by atoms with Gasteiger partial charge in [0, 0.05) is 17.1 Å². The van der Waals surface area contributed by atoms with E-state index in [4.69, 9.17) is 0 Å². The molecule has 2 rings (SSSR count). The van der Waals surface area contributed by atoms with Crippen molar-refractivity contribution >= 4 is 16.6 Å². The molecule has 3 nitrogen and oxygen atoms in total. The maximum absolute atomic E-state index is 4.38. The Bertz CT molecular complexity index is 469. The number of hydrogen-bond acceptors (Lipinski definition) is 2. The number of rotatable bonds is 1. The van der Waals surface area contributed by atoms with Gasteiger partial charge in [-0.3, -0.25) is 0 Å². The summed E-state index contributed by atoms with van der Waals surface area (Å²) < 4.78 is 0. The lowest BCUT2D eigenvalue weighted by molar-refractivity contribution is 0.631. The topological polar surface area (TPSA) is 56.4 Å². The van der Waals surface area contributed by atoms with Crippen molar-refractivity contribution in [2.24, 2.45) is 0 Å². The Kier molecular flexibility index (Phi) is 3.50. The van der Waals surface area contributed by atoms with Gasteiger partial charge in [0.2, 0.25) is 0 Å². The van der Waals surface area contributed by atoms with E-state index in [-0.39, 0.29) is 11.0 Å². The van der Waals surface area contributed by atoms with Gasteiger partial charge in [-0.15, -0.1) is 0 Å². The summed E-state index contributed by atoms with van der Waals surface area (Å²) >= 11 is 0. The highest BCUT2D eigenvalue weighted by Gasteiger charge is 2.11. The van der Waals surface area contributed by atoms with Gasteiger partial charge in [-0.1, -0.05) is 24.3 Å². The summed E-state index contributed by atoms with van der Waals surface area (Å²) in [5.41, 5.74) is 0.0388. The molecule has 0 aliphatic rings. The summed E-state index contributed by atoms with van der Waals surface area (Å²) in [5.74, 6) is 0.959. The van der Waals surface area contributed by atoms with Gasteiger partial charge in [0.05, 0.1) is 0 Å². The highest BCUT2D eigenvalue weighted by atomic mass is 16.0. The molecule has 0 aliphatic carbocycles. The van der Waals surface area contributed by atoms with Crippen LogP contribution in [-0.4, -0.2) is 16.0 Å². The van der Waals surface area contributed by atoms with Gasteiger partial charge in [0.1, 0.15) is 5.82 Å². The molecule has 0 amide bonds. The normalized spacial score (nSPS) is 10.9. The fraction of sp³-hybridized carbons (Fsp3) is 0.308. The minimum Gasteiger partial charge on any atom is -0.412 e. The van der Waals surface area contributed by atoms with E-state index in [2.05, 4.69) is 43.2 Å². The molecule has 0 radical (unpaired) electrons. The number of nitrogens with zero attached hydrogens (tertiary/aromatic N) is 1. The van der Waals surface area contributed by atoms with E-state index in [1.54, 1.807) is 0 Å². The smallest absolute Gasteiger partial charge is 0.134 e. The van der Waals surface area contributed by atoms with Crippen LogP contribution in [0.1, 0.15) is 20.8 Å². The zero-order valence-electron chi connectivity index (χ0n) is 9.91. The average Bonchev–Trinajstić information content (AvgIpc) is 2.16. The van der Waals surface area contributed by atoms with Crippen LogP contribution in [0.2, 0.25) is 0 Å². The summed E-state index contributed by atoms with van der Waals surface area (Å²) in [6, 6.07) is 10.3. The molecule has 86 valence electrons. The van der Waals surface area contributed by atoms with Crippen LogP contribution in [0.3, 0.4) is 0 Å². The van der Waals surface area contributed by atoms with E-state index in [9.17, 15) is 0 Å². The van der Waals surface area contributed by atoms with Crippen LogP contribution >= 0.6 is 0 Å². The lowest BCUT2D eigenvalue weighted by Gasteiger charge is -2.22. The molecule has 0 aliphatic heterocycles. The van der Waals surface area contributed by atoms with E-state index in [0.717, 1.165) is 5.82 Å². The minimum absolute atomic E-state index is 0. The van der Waals surface area contributed by atoms with Crippen LogP contribution in [0, 0.1) is 0 Å². The molecular weight excluding hydrogens is 200 g/mol. The highest BCUT2D eigenvalue weighted by molar-refractivity contribution is 5.91. The monoisotopic (exact) mass is 218 g/mol. The molecule has 0 atom stereocenters. The van der Waals surface area contributed by atoms with Crippen molar-refractivity contribution < 1.29 is 5.48 Å². The molecule has 1 aromatic carbocycles. The first kappa shape index (κ1) is 12.5. The first-order valence-electron chi connectivity index (χ1n) is 5.18. The number of fused-ring (bicyclic) bond motifs is 1. The summed E-state index contributed by atoms with van der Waals surface area (Å²) in [5, 5.41) is 5.81. The Morgan fingerprint density at radius 3 is 2.44 bits per heavy atom. The van der Waals surface area contributed by atoms with Crippen LogP contribution in [-0.2, 0) is 0 Å². The molecule has 0 saturated heterocycles. The minimum atomic E-state index is 0. The van der Waals surface area contributed by atoms with Crippen molar-refractivity contribution in [3.8, 4) is 0 Å². The van der Waals surface area contributed by atoms with Crippen molar-refractivity contribution in [3.05, 3.63) is 36.5 Å². The molecule has 0 spiro atoms. The lowest BCUT2D eigenvalue weighted by atomic mass is 10.1. The number of nitrogens with one attached hydrogen (secondary N) is 1. The molecular formula is C13H18N2O. The maximum Gasteiger partial charge on any atom is 0.134 e. The zero-order valence-corrected chi connectivity index (χ0v) is 9.91. The standard InChI is InChI=1S/C13H16N2.H2O/c1-13(2,3)15-12-11-7-5-4-6-10(11)8-9-14-12;/h4-9H,1-3H3,(H,14,15);1H2. The Morgan fingerprint density at radius 2 is 1.75 bits per heavy atom. The summed E-state index contributed by atoms with van der Waals surface area (Å²) in [7, 11) is 0. The fourth-order valence-electron chi connectivity index (χ4n) is 1.57. The second-order valence-corrected chi connectivity index (χ2v) is 4.76. The quantitative estimate of drug-likeness (QED) is 0.799. The van der Waals surface area contributed by atoms with E-state index < -0.39 is 0 Å². The SMILES string of the molecule is CC(C)(C)Nc1nccc2ccccc12.O. The summed E-state index contributed by atoms with van der Waals surface area (Å²) in [6.07, 6.45) is 1.84. The second kappa shape index (κ2) is 4.49. The largest absolute Gasteiger partial charge is 0.412 e. The Balaban J connectivity index is 0.00000128. The van der Waals surface area contributed by atoms with E-state index in [1.165, 1.54) is 10.8 Å². The van der Waals surface area contributed by atoms with Crippen molar-refractivity contribution in [3.63, 3.8) is 0 Å². The third-order valence-corrected chi connectivity index (χ3v) is 2.17. The van der Waals surface area contributed by atoms with Gasteiger partial charge in [0.25, 0.3) is 0 Å². The molecule has 0 unspecified atom stereocenters. The van der Waals surface area contributed by atoms with E-state index in [0.29, 0.717) is 0 Å². The molecule has 0 fully saturated rings. The van der Waals surface area contributed by atoms with E-state index >= 15 is 0 Å². The molecule has 1 heterocycles. The first-order chi connectivity index (χ1) is 7.06. The molecule has 3 N–H and O–H groups in total. The molecule has 3 heteroatoms. The number of pyridine rings is 1. The van der Waals surface area contributed by atoms with Crippen LogP contribution in [0.4, 0.5) is 5.82 Å². The molecule has 16 heavy (non-hydrogen) atoms. The number of hydrogen-bond donors (Lipinski definition) is 1. The van der Waals surface area contributed by atoms with Crippen molar-refractivity contribution in [1.82, 2.24) is 4.98 Å². The van der Waals surface area contributed by atoms with Crippen LogP contribution in [0.25, 0.3) is 10.8 Å². The van der Waals surface area contributed by atoms with Crippen molar-refractivity contribution in [2.75, 3.05) is 5.32 Å². The van der Waals surface area contributed by atoms with Crippen molar-refractivity contribution in [1.29, 1.82) is 0 Å². The first-order valence-corrected chi connectivity index (χ1v) is 5.18. The predicted molar refractivity (Wildman–Crippen MR) is 68.7 cm³/mol. The second-order valence-electron chi connectivity index (χ2n) is 4.76. The third kappa shape index (κ3) is 2.70. The Labute approximate surface area is 95.8 Å². The molecule has 2 aromatic rings. The van der Waals surface area contributed by atoms with Gasteiger partial charge in [-0.25, -0.2) is 4.98 Å². The van der Waals surface area contributed by atoms with Gasteiger partial charge in [-0.05, 0) is 32.2 Å². The van der Waals surface area contributed by atoms with Crippen LogP contribution < -0.4 is 5.32 Å². The average molecular weight is 218 g/mol. The van der Waals surface area contributed by atoms with Gasteiger partial charge in [0.15, 0.2) is 0 Å². The number of aromatic nitrogens is 1. The van der Waals surface area contributed by atoms with Gasteiger partial charge in [-0.2, -0.15) is 0 Å². The third-order valence-electron chi connectivity index (χ3n) is 2.17. The lowest BCUT2D eigenvalue weighted by Crippen LogP contribution is -2.26. The predicted octanol–water partition coefficient (Wildman–Crippen LogP) is 2.62. The number of anilines is 1. The Morgan fingerprint density at radius 1 is 1.06 bits per heavy atom. The zero-order chi connectivity index (χ0) is 10.9. The number of benzene rings is 1. The van der Waals surface area contributed by atoms with Gasteiger partial charge < -0.3 is 10.8 Å². The molecule has 0 saturated carbocycles. The van der Waals surface area contributed by atoms with Crippen LogP contribution in [0.15, 0.2) is 36.5 Å². The van der Waals surface area contributed by atoms with Gasteiger partial charge >= 0.3 is 0 Å². The highest BCUT2D eigenvalue weighted by Crippen LogP contribution is 2.22. The van der Waals surface area contributed by atoms with Crippen molar-refractivity contribution in [2.45, 2.75) is 26.3 Å². The maximum atomic E-state index is 4.38. The van der Waals surface area contributed by atoms with Crippen LogP contribution in [0.5, 0.6) is 0 Å². The molecule has 1 aromatic heterocycles. The summed E-state index contributed by atoms with van der Waals surface area (Å²) in [4.78, 5) is 4.38. The molecule has 0 bridgehead atoms.